The lowest BCUT2D eigenvalue weighted by Gasteiger charge is -2.36. The molecule has 1 amide bonds. The number of aromatic nitrogens is 5. The number of rotatable bonds is 2. The zero-order chi connectivity index (χ0) is 19.9. The minimum absolute atomic E-state index is 0.257. The second-order valence-electron chi connectivity index (χ2n) is 7.95. The number of hydrogen-bond acceptors (Lipinski definition) is 6. The van der Waals surface area contributed by atoms with Crippen LogP contribution in [-0.4, -0.2) is 66.7 Å². The van der Waals surface area contributed by atoms with Crippen LogP contribution in [0.15, 0.2) is 31.0 Å². The maximum atomic E-state index is 12.2. The Labute approximate surface area is 163 Å². The van der Waals surface area contributed by atoms with E-state index in [0.29, 0.717) is 18.9 Å². The molecule has 0 N–H and O–H groups in total. The number of amides is 1. The second-order valence-corrected chi connectivity index (χ2v) is 7.95. The first kappa shape index (κ1) is 18.3. The van der Waals surface area contributed by atoms with Crippen LogP contribution in [0.1, 0.15) is 26.5 Å². The molecule has 0 atom stereocenters. The maximum Gasteiger partial charge on any atom is 0.410 e. The lowest BCUT2D eigenvalue weighted by atomic mass is 10.2. The van der Waals surface area contributed by atoms with Crippen molar-refractivity contribution in [3.8, 4) is 5.82 Å². The first-order chi connectivity index (χ1) is 13.3. The summed E-state index contributed by atoms with van der Waals surface area (Å²) in [5, 5.41) is 0. The molecule has 0 aliphatic carbocycles. The molecule has 1 aliphatic heterocycles. The van der Waals surface area contributed by atoms with Gasteiger partial charge in [-0.1, -0.05) is 0 Å². The Morgan fingerprint density at radius 3 is 2.54 bits per heavy atom. The molecule has 1 aliphatic rings. The van der Waals surface area contributed by atoms with Gasteiger partial charge in [-0.15, -0.1) is 0 Å². The van der Waals surface area contributed by atoms with Crippen LogP contribution >= 0.6 is 0 Å². The molecule has 0 aromatic carbocycles. The zero-order valence-electron chi connectivity index (χ0n) is 16.7. The predicted molar refractivity (Wildman–Crippen MR) is 105 cm³/mol. The van der Waals surface area contributed by atoms with Crippen molar-refractivity contribution in [2.24, 2.45) is 0 Å². The van der Waals surface area contributed by atoms with E-state index in [1.807, 2.05) is 61.3 Å². The highest BCUT2D eigenvalue weighted by Crippen LogP contribution is 2.20. The number of anilines is 1. The van der Waals surface area contributed by atoms with Crippen LogP contribution in [0.3, 0.4) is 0 Å². The number of imidazole rings is 2. The molecule has 1 saturated heterocycles. The summed E-state index contributed by atoms with van der Waals surface area (Å²) in [6.07, 6.45) is 7.21. The number of hydrogen-bond donors (Lipinski definition) is 0. The van der Waals surface area contributed by atoms with E-state index in [2.05, 4.69) is 19.9 Å². The third-order valence-corrected chi connectivity index (χ3v) is 4.58. The summed E-state index contributed by atoms with van der Waals surface area (Å²) >= 11 is 0. The van der Waals surface area contributed by atoms with Gasteiger partial charge in [0.1, 0.15) is 23.6 Å². The van der Waals surface area contributed by atoms with Crippen LogP contribution in [-0.2, 0) is 4.74 Å². The standard InChI is InChI=1S/C19H25N7O2/c1-14-12-25(13-21-14)15-5-6-26-16(11-20-17(26)22-15)23-7-9-24(10-8-23)18(27)28-19(2,3)4/h5-6,11-13H,7-10H2,1-4H3. The van der Waals surface area contributed by atoms with Gasteiger partial charge in [-0.05, 0) is 33.8 Å². The Morgan fingerprint density at radius 1 is 1.14 bits per heavy atom. The second kappa shape index (κ2) is 6.81. The van der Waals surface area contributed by atoms with Gasteiger partial charge in [0.25, 0.3) is 0 Å². The molecular weight excluding hydrogens is 358 g/mol. The largest absolute Gasteiger partial charge is 0.444 e. The third-order valence-electron chi connectivity index (χ3n) is 4.58. The van der Waals surface area contributed by atoms with E-state index < -0.39 is 5.60 Å². The molecule has 3 aromatic rings. The number of nitrogens with zero attached hydrogens (tertiary/aromatic N) is 7. The summed E-state index contributed by atoms with van der Waals surface area (Å²) in [5.74, 6) is 2.38. The molecule has 0 unspecified atom stereocenters. The van der Waals surface area contributed by atoms with Gasteiger partial charge in [0.2, 0.25) is 5.78 Å². The molecule has 4 heterocycles. The molecule has 3 aromatic heterocycles. The number of ether oxygens (including phenoxy) is 1. The average Bonchev–Trinajstić information content (AvgIpc) is 3.26. The highest BCUT2D eigenvalue weighted by Gasteiger charge is 2.27. The van der Waals surface area contributed by atoms with Crippen molar-refractivity contribution in [3.63, 3.8) is 0 Å². The third kappa shape index (κ3) is 3.64. The van der Waals surface area contributed by atoms with Gasteiger partial charge in [-0.25, -0.2) is 14.8 Å². The molecule has 0 radical (unpaired) electrons. The Bertz CT molecular complexity index is 993. The average molecular weight is 383 g/mol. The molecule has 9 heteroatoms. The molecule has 4 rings (SSSR count). The van der Waals surface area contributed by atoms with Gasteiger partial charge in [0.15, 0.2) is 0 Å². The smallest absolute Gasteiger partial charge is 0.410 e. The minimum Gasteiger partial charge on any atom is -0.444 e. The van der Waals surface area contributed by atoms with Crippen LogP contribution in [0.25, 0.3) is 11.6 Å². The summed E-state index contributed by atoms with van der Waals surface area (Å²) in [5.41, 5.74) is 0.459. The summed E-state index contributed by atoms with van der Waals surface area (Å²) < 4.78 is 9.31. The van der Waals surface area contributed by atoms with Crippen molar-refractivity contribution in [2.45, 2.75) is 33.3 Å². The number of piperazine rings is 1. The van der Waals surface area contributed by atoms with Crippen molar-refractivity contribution in [3.05, 3.63) is 36.7 Å². The molecule has 1 fully saturated rings. The van der Waals surface area contributed by atoms with Crippen molar-refractivity contribution in [2.75, 3.05) is 31.1 Å². The Balaban J connectivity index is 1.48. The molecule has 0 saturated carbocycles. The van der Waals surface area contributed by atoms with Crippen molar-refractivity contribution >= 4 is 17.7 Å². The van der Waals surface area contributed by atoms with Gasteiger partial charge in [0, 0.05) is 38.6 Å². The van der Waals surface area contributed by atoms with Crippen LogP contribution in [0.2, 0.25) is 0 Å². The summed E-state index contributed by atoms with van der Waals surface area (Å²) in [7, 11) is 0. The summed E-state index contributed by atoms with van der Waals surface area (Å²) in [6.45, 7) is 10.2. The highest BCUT2D eigenvalue weighted by atomic mass is 16.6. The number of fused-ring (bicyclic) bond motifs is 1. The fraction of sp³-hybridized carbons (Fsp3) is 0.474. The summed E-state index contributed by atoms with van der Waals surface area (Å²) in [6, 6.07) is 1.94. The number of carbonyl (C=O) groups excluding carboxylic acids is 1. The number of carbonyl (C=O) groups is 1. The number of aryl methyl sites for hydroxylation is 1. The topological polar surface area (TPSA) is 80.8 Å². The van der Waals surface area contributed by atoms with Gasteiger partial charge in [-0.2, -0.15) is 4.98 Å². The van der Waals surface area contributed by atoms with E-state index in [0.717, 1.165) is 30.4 Å². The van der Waals surface area contributed by atoms with E-state index in [4.69, 9.17) is 4.74 Å². The van der Waals surface area contributed by atoms with Crippen LogP contribution in [0.4, 0.5) is 10.6 Å². The SMILES string of the molecule is Cc1cn(-c2ccn3c(N4CCN(C(=O)OC(C)(C)C)CC4)cnc3n2)cn1. The molecule has 9 nitrogen and oxygen atoms in total. The molecule has 28 heavy (non-hydrogen) atoms. The molecule has 0 bridgehead atoms. The first-order valence-corrected chi connectivity index (χ1v) is 9.38. The van der Waals surface area contributed by atoms with E-state index in [-0.39, 0.29) is 6.09 Å². The Kier molecular flexibility index (Phi) is 4.44. The fourth-order valence-electron chi connectivity index (χ4n) is 3.22. The summed E-state index contributed by atoms with van der Waals surface area (Å²) in [4.78, 5) is 29.5. The van der Waals surface area contributed by atoms with Crippen molar-refractivity contribution in [1.29, 1.82) is 0 Å². The maximum absolute atomic E-state index is 12.2. The lowest BCUT2D eigenvalue weighted by Crippen LogP contribution is -2.50. The minimum atomic E-state index is -0.479. The van der Waals surface area contributed by atoms with Gasteiger partial charge >= 0.3 is 6.09 Å². The lowest BCUT2D eigenvalue weighted by molar-refractivity contribution is 0.0240. The van der Waals surface area contributed by atoms with E-state index in [1.165, 1.54) is 0 Å². The monoisotopic (exact) mass is 383 g/mol. The normalized spacial score (nSPS) is 15.3. The predicted octanol–water partition coefficient (Wildman–Crippen LogP) is 2.28. The van der Waals surface area contributed by atoms with Crippen LogP contribution in [0.5, 0.6) is 0 Å². The van der Waals surface area contributed by atoms with E-state index >= 15 is 0 Å². The van der Waals surface area contributed by atoms with Gasteiger partial charge in [0.05, 0.1) is 11.9 Å². The quantitative estimate of drug-likeness (QED) is 0.675. The Hall–Kier alpha value is -3.10. The molecule has 148 valence electrons. The molecular formula is C19H25N7O2. The van der Waals surface area contributed by atoms with Crippen LogP contribution < -0.4 is 4.90 Å². The fourth-order valence-corrected chi connectivity index (χ4v) is 3.22. The highest BCUT2D eigenvalue weighted by molar-refractivity contribution is 5.68. The Morgan fingerprint density at radius 2 is 1.89 bits per heavy atom. The van der Waals surface area contributed by atoms with Crippen molar-refractivity contribution < 1.29 is 9.53 Å². The van der Waals surface area contributed by atoms with Gasteiger partial charge < -0.3 is 14.5 Å². The van der Waals surface area contributed by atoms with Crippen molar-refractivity contribution in [1.82, 2.24) is 28.8 Å². The molecule has 0 spiro atoms. The zero-order valence-corrected chi connectivity index (χ0v) is 16.7. The van der Waals surface area contributed by atoms with E-state index in [1.54, 1.807) is 11.2 Å². The first-order valence-electron chi connectivity index (χ1n) is 9.38. The van der Waals surface area contributed by atoms with Crippen LogP contribution in [0, 0.1) is 6.92 Å². The van der Waals surface area contributed by atoms with Gasteiger partial charge in [-0.3, -0.25) is 8.97 Å². The van der Waals surface area contributed by atoms with E-state index in [9.17, 15) is 4.79 Å².